The lowest BCUT2D eigenvalue weighted by Crippen LogP contribution is -2.34. The van der Waals surface area contributed by atoms with Gasteiger partial charge in [0.1, 0.15) is 5.69 Å². The monoisotopic (exact) mass is 277 g/mol. The standard InChI is InChI=1S/C14H19N3O3/c1-16(2)9-10-17(3)14(20)13-11(5-4-8-15-13)6-7-12(18)19/h4-8H,9-10H2,1-3H3,(H,18,19)/b7-6+. The van der Waals surface area contributed by atoms with Gasteiger partial charge in [0.25, 0.3) is 5.91 Å². The summed E-state index contributed by atoms with van der Waals surface area (Å²) < 4.78 is 0. The van der Waals surface area contributed by atoms with E-state index in [0.29, 0.717) is 12.1 Å². The molecule has 6 nitrogen and oxygen atoms in total. The Balaban J connectivity index is 2.89. The minimum absolute atomic E-state index is 0.225. The molecule has 1 aromatic heterocycles. The highest BCUT2D eigenvalue weighted by molar-refractivity contribution is 5.97. The predicted molar refractivity (Wildman–Crippen MR) is 76.4 cm³/mol. The molecule has 1 heterocycles. The largest absolute Gasteiger partial charge is 0.478 e. The summed E-state index contributed by atoms with van der Waals surface area (Å²) in [7, 11) is 5.56. The minimum atomic E-state index is -1.06. The second kappa shape index (κ2) is 7.40. The zero-order valence-corrected chi connectivity index (χ0v) is 11.9. The molecule has 0 atom stereocenters. The molecule has 0 aliphatic rings. The molecule has 1 N–H and O–H groups in total. The molecular formula is C14H19N3O3. The highest BCUT2D eigenvalue weighted by atomic mass is 16.4. The summed E-state index contributed by atoms with van der Waals surface area (Å²) in [5, 5.41) is 8.65. The SMILES string of the molecule is CN(C)CCN(C)C(=O)c1ncccc1/C=C/C(=O)O. The topological polar surface area (TPSA) is 73.7 Å². The van der Waals surface area contributed by atoms with Crippen LogP contribution < -0.4 is 0 Å². The molecule has 0 fully saturated rings. The third-order valence-electron chi connectivity index (χ3n) is 2.68. The van der Waals surface area contributed by atoms with E-state index in [1.54, 1.807) is 24.1 Å². The van der Waals surface area contributed by atoms with Gasteiger partial charge in [0, 0.05) is 38.0 Å². The number of carboxylic acids is 1. The number of carbonyl (C=O) groups is 2. The van der Waals surface area contributed by atoms with E-state index >= 15 is 0 Å². The van der Waals surface area contributed by atoms with E-state index < -0.39 is 5.97 Å². The molecule has 0 unspecified atom stereocenters. The van der Waals surface area contributed by atoms with E-state index in [1.165, 1.54) is 12.3 Å². The van der Waals surface area contributed by atoms with Crippen molar-refractivity contribution in [2.45, 2.75) is 0 Å². The molecule has 1 aromatic rings. The average Bonchev–Trinajstić information content (AvgIpc) is 2.41. The van der Waals surface area contributed by atoms with Gasteiger partial charge in [0.05, 0.1) is 0 Å². The number of nitrogens with zero attached hydrogens (tertiary/aromatic N) is 3. The molecule has 1 rings (SSSR count). The summed E-state index contributed by atoms with van der Waals surface area (Å²) in [5.74, 6) is -1.29. The van der Waals surface area contributed by atoms with Gasteiger partial charge in [-0.2, -0.15) is 0 Å². The van der Waals surface area contributed by atoms with Crippen LogP contribution in [0.5, 0.6) is 0 Å². The molecule has 0 aromatic carbocycles. The second-order valence-corrected chi connectivity index (χ2v) is 4.64. The van der Waals surface area contributed by atoms with E-state index in [2.05, 4.69) is 4.98 Å². The molecule has 0 aliphatic carbocycles. The smallest absolute Gasteiger partial charge is 0.328 e. The molecule has 0 saturated carbocycles. The van der Waals surface area contributed by atoms with Gasteiger partial charge in [0.15, 0.2) is 0 Å². The maximum absolute atomic E-state index is 12.3. The Morgan fingerprint density at radius 2 is 2.00 bits per heavy atom. The summed E-state index contributed by atoms with van der Waals surface area (Å²) >= 11 is 0. The van der Waals surface area contributed by atoms with Crippen LogP contribution in [-0.2, 0) is 4.79 Å². The van der Waals surface area contributed by atoms with E-state index in [1.807, 2.05) is 19.0 Å². The molecule has 0 bridgehead atoms. The van der Waals surface area contributed by atoms with Crippen molar-refractivity contribution >= 4 is 18.0 Å². The first kappa shape index (κ1) is 15.8. The van der Waals surface area contributed by atoms with Crippen molar-refractivity contribution < 1.29 is 14.7 Å². The Morgan fingerprint density at radius 1 is 1.30 bits per heavy atom. The highest BCUT2D eigenvalue weighted by Crippen LogP contribution is 2.10. The fourth-order valence-electron chi connectivity index (χ4n) is 1.52. The van der Waals surface area contributed by atoms with Crippen LogP contribution in [0.3, 0.4) is 0 Å². The summed E-state index contributed by atoms with van der Waals surface area (Å²) in [5.41, 5.74) is 0.753. The van der Waals surface area contributed by atoms with Crippen molar-refractivity contribution in [2.24, 2.45) is 0 Å². The molecule has 0 radical (unpaired) electrons. The summed E-state index contributed by atoms with van der Waals surface area (Å²) in [6.45, 7) is 1.32. The zero-order chi connectivity index (χ0) is 15.1. The fourth-order valence-corrected chi connectivity index (χ4v) is 1.52. The molecule has 108 valence electrons. The number of hydrogen-bond donors (Lipinski definition) is 1. The summed E-state index contributed by atoms with van der Waals surface area (Å²) in [6.07, 6.45) is 3.89. The van der Waals surface area contributed by atoms with Crippen LogP contribution in [0.25, 0.3) is 6.08 Å². The normalized spacial score (nSPS) is 11.0. The summed E-state index contributed by atoms with van der Waals surface area (Å²) in [6, 6.07) is 3.33. The van der Waals surface area contributed by atoms with Crippen LogP contribution in [0.4, 0.5) is 0 Å². The van der Waals surface area contributed by atoms with Gasteiger partial charge in [-0.25, -0.2) is 4.79 Å². The molecule has 20 heavy (non-hydrogen) atoms. The Kier molecular flexibility index (Phi) is 5.86. The van der Waals surface area contributed by atoms with Crippen LogP contribution >= 0.6 is 0 Å². The van der Waals surface area contributed by atoms with Gasteiger partial charge >= 0.3 is 5.97 Å². The van der Waals surface area contributed by atoms with Crippen LogP contribution in [0, 0.1) is 0 Å². The lowest BCUT2D eigenvalue weighted by molar-refractivity contribution is -0.131. The van der Waals surface area contributed by atoms with Crippen LogP contribution in [0.1, 0.15) is 16.1 Å². The van der Waals surface area contributed by atoms with Crippen molar-refractivity contribution in [1.29, 1.82) is 0 Å². The van der Waals surface area contributed by atoms with Crippen LogP contribution in [-0.4, -0.2) is 66.0 Å². The Bertz CT molecular complexity index is 512. The van der Waals surface area contributed by atoms with Gasteiger partial charge in [0.2, 0.25) is 0 Å². The zero-order valence-electron chi connectivity index (χ0n) is 11.9. The lowest BCUT2D eigenvalue weighted by Gasteiger charge is -2.19. The number of amides is 1. The van der Waals surface area contributed by atoms with Crippen molar-refractivity contribution in [3.8, 4) is 0 Å². The number of carbonyl (C=O) groups excluding carboxylic acids is 1. The maximum Gasteiger partial charge on any atom is 0.328 e. The quantitative estimate of drug-likeness (QED) is 0.779. The van der Waals surface area contributed by atoms with Crippen molar-refractivity contribution in [2.75, 3.05) is 34.2 Å². The van der Waals surface area contributed by atoms with Gasteiger partial charge in [-0.3, -0.25) is 9.78 Å². The molecule has 6 heteroatoms. The number of carboxylic acid groups (broad SMARTS) is 1. The first-order valence-corrected chi connectivity index (χ1v) is 6.18. The van der Waals surface area contributed by atoms with Crippen molar-refractivity contribution in [1.82, 2.24) is 14.8 Å². The first-order chi connectivity index (χ1) is 9.41. The van der Waals surface area contributed by atoms with Gasteiger partial charge in [-0.1, -0.05) is 6.07 Å². The number of likely N-dealkylation sites (N-methyl/N-ethyl adjacent to an activating group) is 2. The Hall–Kier alpha value is -2.21. The molecule has 1 amide bonds. The number of rotatable bonds is 6. The number of aromatic nitrogens is 1. The third-order valence-corrected chi connectivity index (χ3v) is 2.68. The second-order valence-electron chi connectivity index (χ2n) is 4.64. The molecule has 0 aliphatic heterocycles. The number of pyridine rings is 1. The third kappa shape index (κ3) is 4.81. The predicted octanol–water partition coefficient (Wildman–Crippen LogP) is 0.813. The Labute approximate surface area is 118 Å². The van der Waals surface area contributed by atoms with E-state index in [0.717, 1.165) is 12.6 Å². The van der Waals surface area contributed by atoms with E-state index in [4.69, 9.17) is 5.11 Å². The maximum atomic E-state index is 12.3. The van der Waals surface area contributed by atoms with Crippen molar-refractivity contribution in [3.05, 3.63) is 35.7 Å². The van der Waals surface area contributed by atoms with Crippen LogP contribution in [0.2, 0.25) is 0 Å². The summed E-state index contributed by atoms with van der Waals surface area (Å²) in [4.78, 5) is 30.4. The van der Waals surface area contributed by atoms with E-state index in [9.17, 15) is 9.59 Å². The van der Waals surface area contributed by atoms with Crippen LogP contribution in [0.15, 0.2) is 24.4 Å². The minimum Gasteiger partial charge on any atom is -0.478 e. The number of hydrogen-bond acceptors (Lipinski definition) is 4. The van der Waals surface area contributed by atoms with Gasteiger partial charge < -0.3 is 14.9 Å². The Morgan fingerprint density at radius 3 is 2.60 bits per heavy atom. The highest BCUT2D eigenvalue weighted by Gasteiger charge is 2.16. The fraction of sp³-hybridized carbons (Fsp3) is 0.357. The van der Waals surface area contributed by atoms with Crippen molar-refractivity contribution in [3.63, 3.8) is 0 Å². The lowest BCUT2D eigenvalue weighted by atomic mass is 10.1. The molecular weight excluding hydrogens is 258 g/mol. The molecule has 0 saturated heterocycles. The average molecular weight is 277 g/mol. The first-order valence-electron chi connectivity index (χ1n) is 6.18. The van der Waals surface area contributed by atoms with E-state index in [-0.39, 0.29) is 11.6 Å². The molecule has 0 spiro atoms. The number of aliphatic carboxylic acids is 1. The van der Waals surface area contributed by atoms with Gasteiger partial charge in [-0.15, -0.1) is 0 Å². The van der Waals surface area contributed by atoms with Gasteiger partial charge in [-0.05, 0) is 26.2 Å².